The second kappa shape index (κ2) is 8.73. The van der Waals surface area contributed by atoms with Crippen molar-refractivity contribution in [2.45, 2.75) is 26.3 Å². The molecule has 0 unspecified atom stereocenters. The lowest BCUT2D eigenvalue weighted by Crippen LogP contribution is -2.33. The van der Waals surface area contributed by atoms with Crippen molar-refractivity contribution in [2.24, 2.45) is 0 Å². The summed E-state index contributed by atoms with van der Waals surface area (Å²) < 4.78 is 6.81. The average molecular weight is 503 g/mol. The summed E-state index contributed by atoms with van der Waals surface area (Å²) in [5.74, 6) is -1.38. The lowest BCUT2D eigenvalue weighted by atomic mass is 10.1. The first kappa shape index (κ1) is 21.2. The minimum atomic E-state index is -0.956. The SMILES string of the molecule is CC(C)N(O)C(=O)c1cc(Oc2c(Br)cc(CC(=O)O)cc2Br)ccc1O. The Balaban J connectivity index is 2.34. The number of phenols is 1. The Morgan fingerprint density at radius 2 is 1.74 bits per heavy atom. The molecule has 1 amide bonds. The second-order valence-electron chi connectivity index (χ2n) is 5.98. The van der Waals surface area contributed by atoms with Crippen molar-refractivity contribution in [1.82, 2.24) is 5.06 Å². The Morgan fingerprint density at radius 3 is 2.26 bits per heavy atom. The Morgan fingerprint density at radius 1 is 1.15 bits per heavy atom. The smallest absolute Gasteiger partial charge is 0.307 e. The number of aliphatic carboxylic acids is 1. The summed E-state index contributed by atoms with van der Waals surface area (Å²) in [7, 11) is 0. The lowest BCUT2D eigenvalue weighted by molar-refractivity contribution is -0.136. The number of carboxylic acids is 1. The third-order valence-electron chi connectivity index (χ3n) is 3.53. The monoisotopic (exact) mass is 501 g/mol. The van der Waals surface area contributed by atoms with E-state index in [0.717, 1.165) is 0 Å². The molecule has 27 heavy (non-hydrogen) atoms. The summed E-state index contributed by atoms with van der Waals surface area (Å²) in [5, 5.41) is 29.2. The van der Waals surface area contributed by atoms with E-state index in [2.05, 4.69) is 31.9 Å². The number of carbonyl (C=O) groups excluding carboxylic acids is 1. The van der Waals surface area contributed by atoms with Gasteiger partial charge in [-0.2, -0.15) is 0 Å². The van der Waals surface area contributed by atoms with Crippen LogP contribution in [0.15, 0.2) is 39.3 Å². The molecule has 2 rings (SSSR count). The van der Waals surface area contributed by atoms with Gasteiger partial charge >= 0.3 is 5.97 Å². The molecule has 2 aromatic carbocycles. The van der Waals surface area contributed by atoms with Crippen LogP contribution < -0.4 is 4.74 Å². The third kappa shape index (κ3) is 5.21. The molecule has 9 heteroatoms. The molecular formula is C18H17Br2NO6. The van der Waals surface area contributed by atoms with Crippen LogP contribution in [0.2, 0.25) is 0 Å². The van der Waals surface area contributed by atoms with Crippen LogP contribution >= 0.6 is 31.9 Å². The van der Waals surface area contributed by atoms with Gasteiger partial charge in [0.25, 0.3) is 5.91 Å². The van der Waals surface area contributed by atoms with Crippen molar-refractivity contribution in [3.8, 4) is 17.2 Å². The molecule has 0 aromatic heterocycles. The fourth-order valence-corrected chi connectivity index (χ4v) is 3.66. The average Bonchev–Trinajstić information content (AvgIpc) is 2.57. The molecule has 0 aliphatic rings. The maximum absolute atomic E-state index is 12.3. The Hall–Kier alpha value is -2.10. The summed E-state index contributed by atoms with van der Waals surface area (Å²) in [6, 6.07) is 6.84. The van der Waals surface area contributed by atoms with E-state index in [1.807, 2.05) is 0 Å². The van der Waals surface area contributed by atoms with E-state index in [-0.39, 0.29) is 23.5 Å². The van der Waals surface area contributed by atoms with Crippen LogP contribution in [0.3, 0.4) is 0 Å². The van der Waals surface area contributed by atoms with Gasteiger partial charge in [-0.25, -0.2) is 5.06 Å². The van der Waals surface area contributed by atoms with E-state index < -0.39 is 17.9 Å². The van der Waals surface area contributed by atoms with E-state index >= 15 is 0 Å². The van der Waals surface area contributed by atoms with Crippen LogP contribution in [0.4, 0.5) is 0 Å². The number of hydroxylamine groups is 2. The molecule has 0 fully saturated rings. The van der Waals surface area contributed by atoms with Gasteiger partial charge in [0.2, 0.25) is 0 Å². The molecule has 0 radical (unpaired) electrons. The van der Waals surface area contributed by atoms with Crippen LogP contribution in [0.25, 0.3) is 0 Å². The zero-order valence-corrected chi connectivity index (χ0v) is 17.6. The number of hydrogen-bond donors (Lipinski definition) is 3. The maximum Gasteiger partial charge on any atom is 0.307 e. The molecule has 0 saturated heterocycles. The standard InChI is InChI=1S/C18H17Br2NO6/c1-9(2)21(26)18(25)12-8-11(3-4-15(12)22)27-17-13(19)5-10(6-14(17)20)7-16(23)24/h3-6,8-9,22,26H,7H2,1-2H3,(H,23,24). The highest BCUT2D eigenvalue weighted by Crippen LogP contribution is 2.39. The number of carbonyl (C=O) groups is 2. The summed E-state index contributed by atoms with van der Waals surface area (Å²) >= 11 is 6.67. The molecule has 0 bridgehead atoms. The zero-order chi connectivity index (χ0) is 20.3. The first-order chi connectivity index (χ1) is 12.6. The molecule has 0 aliphatic carbocycles. The number of benzene rings is 2. The Kier molecular flexibility index (Phi) is 6.85. The van der Waals surface area contributed by atoms with Gasteiger partial charge in [-0.15, -0.1) is 0 Å². The second-order valence-corrected chi connectivity index (χ2v) is 7.69. The van der Waals surface area contributed by atoms with Crippen molar-refractivity contribution < 1.29 is 29.7 Å². The first-order valence-corrected chi connectivity index (χ1v) is 9.41. The van der Waals surface area contributed by atoms with Crippen LogP contribution in [0.1, 0.15) is 29.8 Å². The van der Waals surface area contributed by atoms with Crippen molar-refractivity contribution >= 4 is 43.7 Å². The lowest BCUT2D eigenvalue weighted by Gasteiger charge is -2.20. The maximum atomic E-state index is 12.3. The minimum Gasteiger partial charge on any atom is -0.507 e. The number of hydrogen-bond acceptors (Lipinski definition) is 5. The fourth-order valence-electron chi connectivity index (χ4n) is 2.21. The molecule has 3 N–H and O–H groups in total. The van der Waals surface area contributed by atoms with Gasteiger partial charge in [0, 0.05) is 0 Å². The number of aromatic hydroxyl groups is 1. The molecule has 0 atom stereocenters. The third-order valence-corrected chi connectivity index (χ3v) is 4.71. The Bertz CT molecular complexity index is 861. The molecule has 7 nitrogen and oxygen atoms in total. The predicted molar refractivity (Wildman–Crippen MR) is 104 cm³/mol. The number of amides is 1. The molecule has 0 saturated carbocycles. The van der Waals surface area contributed by atoms with Crippen molar-refractivity contribution in [2.75, 3.05) is 0 Å². The summed E-state index contributed by atoms with van der Waals surface area (Å²) in [6.07, 6.45) is -0.142. The highest BCUT2D eigenvalue weighted by Gasteiger charge is 2.21. The molecule has 2 aromatic rings. The van der Waals surface area contributed by atoms with Gasteiger partial charge in [0.15, 0.2) is 5.75 Å². The zero-order valence-electron chi connectivity index (χ0n) is 14.4. The number of nitrogens with zero attached hydrogens (tertiary/aromatic N) is 1. The summed E-state index contributed by atoms with van der Waals surface area (Å²) in [4.78, 5) is 23.1. The van der Waals surface area contributed by atoms with E-state index in [1.165, 1.54) is 18.2 Å². The number of phenolic OH excluding ortho intramolecular Hbond substituents is 1. The number of ether oxygens (including phenoxy) is 1. The van der Waals surface area contributed by atoms with Gasteiger partial charge < -0.3 is 14.9 Å². The molecule has 144 valence electrons. The molecule has 0 aliphatic heterocycles. The molecular weight excluding hydrogens is 486 g/mol. The van der Waals surface area contributed by atoms with Crippen molar-refractivity contribution in [3.63, 3.8) is 0 Å². The number of rotatable bonds is 6. The van der Waals surface area contributed by atoms with Crippen LogP contribution in [-0.4, -0.2) is 38.4 Å². The molecule has 0 spiro atoms. The highest BCUT2D eigenvalue weighted by atomic mass is 79.9. The van der Waals surface area contributed by atoms with E-state index in [1.54, 1.807) is 26.0 Å². The summed E-state index contributed by atoms with van der Waals surface area (Å²) in [6.45, 7) is 3.25. The quantitative estimate of drug-likeness (QED) is 0.394. The van der Waals surface area contributed by atoms with Gasteiger partial charge in [0.1, 0.15) is 11.5 Å². The first-order valence-electron chi connectivity index (χ1n) is 7.83. The van der Waals surface area contributed by atoms with E-state index in [0.29, 0.717) is 25.3 Å². The van der Waals surface area contributed by atoms with E-state index in [9.17, 15) is 19.9 Å². The van der Waals surface area contributed by atoms with Crippen LogP contribution in [-0.2, 0) is 11.2 Å². The number of halogens is 2. The van der Waals surface area contributed by atoms with Gasteiger partial charge in [-0.1, -0.05) is 0 Å². The van der Waals surface area contributed by atoms with Crippen LogP contribution in [0, 0.1) is 0 Å². The summed E-state index contributed by atoms with van der Waals surface area (Å²) in [5.41, 5.74) is 0.460. The minimum absolute atomic E-state index is 0.113. The predicted octanol–water partition coefficient (Wildman–Crippen LogP) is 4.58. The van der Waals surface area contributed by atoms with Gasteiger partial charge in [0.05, 0.1) is 27.0 Å². The van der Waals surface area contributed by atoms with E-state index in [4.69, 9.17) is 9.84 Å². The van der Waals surface area contributed by atoms with Crippen molar-refractivity contribution in [1.29, 1.82) is 0 Å². The van der Waals surface area contributed by atoms with Gasteiger partial charge in [-0.3, -0.25) is 14.8 Å². The van der Waals surface area contributed by atoms with Crippen LogP contribution in [0.5, 0.6) is 17.2 Å². The highest BCUT2D eigenvalue weighted by molar-refractivity contribution is 9.11. The fraction of sp³-hybridized carbons (Fsp3) is 0.222. The topological polar surface area (TPSA) is 107 Å². The Labute approximate surface area is 172 Å². The molecule has 0 heterocycles. The van der Waals surface area contributed by atoms with Crippen molar-refractivity contribution in [3.05, 3.63) is 50.4 Å². The normalized spacial score (nSPS) is 10.7. The van der Waals surface area contributed by atoms with Gasteiger partial charge in [-0.05, 0) is 81.6 Å². The number of carboxylic acid groups (broad SMARTS) is 1. The largest absolute Gasteiger partial charge is 0.507 e.